The lowest BCUT2D eigenvalue weighted by Crippen LogP contribution is -2.27. The summed E-state index contributed by atoms with van der Waals surface area (Å²) in [7, 11) is 1.67. The van der Waals surface area contributed by atoms with E-state index in [2.05, 4.69) is 43.4 Å². The average molecular weight is 237 g/mol. The molecule has 3 nitrogen and oxygen atoms in total. The molecule has 0 saturated heterocycles. The standard InChI is InChI=1S/C14H23NO2/c1-11(2)12-4-6-13(7-5-12)14(10-16)15-8-9-17-3/h4-7,11,14-16H,8-10H2,1-3H3. The number of aliphatic hydroxyl groups excluding tert-OH is 1. The summed E-state index contributed by atoms with van der Waals surface area (Å²) in [5.41, 5.74) is 2.44. The molecule has 0 spiro atoms. The molecule has 96 valence electrons. The Labute approximate surface area is 104 Å². The first-order chi connectivity index (χ1) is 8.19. The topological polar surface area (TPSA) is 41.5 Å². The van der Waals surface area contributed by atoms with Crippen LogP contribution in [-0.4, -0.2) is 32.0 Å². The maximum absolute atomic E-state index is 9.35. The van der Waals surface area contributed by atoms with Gasteiger partial charge >= 0.3 is 0 Å². The molecular weight excluding hydrogens is 214 g/mol. The molecule has 0 fully saturated rings. The van der Waals surface area contributed by atoms with Crippen LogP contribution in [-0.2, 0) is 4.74 Å². The van der Waals surface area contributed by atoms with Gasteiger partial charge in [-0.2, -0.15) is 0 Å². The van der Waals surface area contributed by atoms with Crippen molar-refractivity contribution in [1.29, 1.82) is 0 Å². The van der Waals surface area contributed by atoms with Gasteiger partial charge in [0, 0.05) is 13.7 Å². The van der Waals surface area contributed by atoms with Crippen LogP contribution in [0.15, 0.2) is 24.3 Å². The maximum Gasteiger partial charge on any atom is 0.0626 e. The fourth-order valence-corrected chi connectivity index (χ4v) is 1.74. The van der Waals surface area contributed by atoms with Crippen LogP contribution in [0.4, 0.5) is 0 Å². The van der Waals surface area contributed by atoms with Crippen LogP contribution in [0.2, 0.25) is 0 Å². The zero-order chi connectivity index (χ0) is 12.7. The molecule has 0 radical (unpaired) electrons. The normalized spacial score (nSPS) is 13.0. The Morgan fingerprint density at radius 1 is 1.18 bits per heavy atom. The van der Waals surface area contributed by atoms with Crippen molar-refractivity contribution in [3.05, 3.63) is 35.4 Å². The third-order valence-corrected chi connectivity index (χ3v) is 2.89. The van der Waals surface area contributed by atoms with Crippen LogP contribution < -0.4 is 5.32 Å². The van der Waals surface area contributed by atoms with E-state index in [1.54, 1.807) is 7.11 Å². The highest BCUT2D eigenvalue weighted by Crippen LogP contribution is 2.18. The monoisotopic (exact) mass is 237 g/mol. The lowest BCUT2D eigenvalue weighted by atomic mass is 9.99. The van der Waals surface area contributed by atoms with Gasteiger partial charge in [-0.05, 0) is 17.0 Å². The van der Waals surface area contributed by atoms with E-state index in [1.807, 2.05) is 0 Å². The molecular formula is C14H23NO2. The molecule has 0 heterocycles. The lowest BCUT2D eigenvalue weighted by molar-refractivity contribution is 0.184. The Morgan fingerprint density at radius 3 is 2.24 bits per heavy atom. The van der Waals surface area contributed by atoms with E-state index >= 15 is 0 Å². The third-order valence-electron chi connectivity index (χ3n) is 2.89. The smallest absolute Gasteiger partial charge is 0.0626 e. The van der Waals surface area contributed by atoms with E-state index in [-0.39, 0.29) is 12.6 Å². The predicted molar refractivity (Wildman–Crippen MR) is 70.2 cm³/mol. The largest absolute Gasteiger partial charge is 0.394 e. The molecule has 0 aliphatic carbocycles. The van der Waals surface area contributed by atoms with E-state index in [0.29, 0.717) is 12.5 Å². The number of methoxy groups -OCH3 is 1. The number of benzene rings is 1. The molecule has 0 amide bonds. The second kappa shape index (κ2) is 7.43. The molecule has 2 N–H and O–H groups in total. The zero-order valence-electron chi connectivity index (χ0n) is 10.9. The van der Waals surface area contributed by atoms with E-state index in [9.17, 15) is 5.11 Å². The minimum absolute atomic E-state index is 0.00800. The molecule has 0 aliphatic rings. The minimum atomic E-state index is -0.00800. The van der Waals surface area contributed by atoms with E-state index < -0.39 is 0 Å². The first-order valence-corrected chi connectivity index (χ1v) is 6.12. The van der Waals surface area contributed by atoms with Crippen molar-refractivity contribution >= 4 is 0 Å². The first kappa shape index (κ1) is 14.2. The van der Waals surface area contributed by atoms with Gasteiger partial charge in [0.05, 0.1) is 19.3 Å². The van der Waals surface area contributed by atoms with E-state index in [4.69, 9.17) is 4.74 Å². The van der Waals surface area contributed by atoms with Crippen molar-refractivity contribution in [1.82, 2.24) is 5.32 Å². The number of ether oxygens (including phenoxy) is 1. The summed E-state index contributed by atoms with van der Waals surface area (Å²) in [6, 6.07) is 8.40. The summed E-state index contributed by atoms with van der Waals surface area (Å²) in [5, 5.41) is 12.6. The Kier molecular flexibility index (Phi) is 6.19. The quantitative estimate of drug-likeness (QED) is 0.713. The van der Waals surface area contributed by atoms with Crippen LogP contribution in [0.5, 0.6) is 0 Å². The highest BCUT2D eigenvalue weighted by atomic mass is 16.5. The van der Waals surface area contributed by atoms with Crippen molar-refractivity contribution in [2.24, 2.45) is 0 Å². The van der Waals surface area contributed by atoms with Gasteiger partial charge in [0.1, 0.15) is 0 Å². The number of aliphatic hydroxyl groups is 1. The molecule has 1 rings (SSSR count). The van der Waals surface area contributed by atoms with Gasteiger partial charge in [0.25, 0.3) is 0 Å². The van der Waals surface area contributed by atoms with Crippen LogP contribution >= 0.6 is 0 Å². The van der Waals surface area contributed by atoms with Crippen LogP contribution in [0.25, 0.3) is 0 Å². The van der Waals surface area contributed by atoms with Crippen LogP contribution in [0.3, 0.4) is 0 Å². The molecule has 1 aromatic rings. The fraction of sp³-hybridized carbons (Fsp3) is 0.571. The Balaban J connectivity index is 2.62. The first-order valence-electron chi connectivity index (χ1n) is 6.12. The van der Waals surface area contributed by atoms with Gasteiger partial charge in [-0.15, -0.1) is 0 Å². The Morgan fingerprint density at radius 2 is 1.76 bits per heavy atom. The van der Waals surface area contributed by atoms with Gasteiger partial charge in [-0.1, -0.05) is 38.1 Å². The summed E-state index contributed by atoms with van der Waals surface area (Å²) >= 11 is 0. The molecule has 0 bridgehead atoms. The summed E-state index contributed by atoms with van der Waals surface area (Å²) in [6.07, 6.45) is 0. The molecule has 1 aromatic carbocycles. The SMILES string of the molecule is COCCNC(CO)c1ccc(C(C)C)cc1. The van der Waals surface area contributed by atoms with Crippen molar-refractivity contribution in [3.63, 3.8) is 0 Å². The van der Waals surface area contributed by atoms with Gasteiger partial charge in [-0.3, -0.25) is 0 Å². The minimum Gasteiger partial charge on any atom is -0.394 e. The zero-order valence-corrected chi connectivity index (χ0v) is 10.9. The molecule has 0 saturated carbocycles. The predicted octanol–water partition coefficient (Wildman–Crippen LogP) is 2.08. The highest BCUT2D eigenvalue weighted by molar-refractivity contribution is 5.26. The van der Waals surface area contributed by atoms with Crippen LogP contribution in [0, 0.1) is 0 Å². The molecule has 0 aliphatic heterocycles. The highest BCUT2D eigenvalue weighted by Gasteiger charge is 2.09. The van der Waals surface area contributed by atoms with Crippen molar-refractivity contribution in [2.75, 3.05) is 26.9 Å². The molecule has 1 unspecified atom stereocenters. The average Bonchev–Trinajstić information content (AvgIpc) is 2.35. The Hall–Kier alpha value is -0.900. The summed E-state index contributed by atoms with van der Waals surface area (Å²) < 4.78 is 4.98. The van der Waals surface area contributed by atoms with Gasteiger partial charge in [0.2, 0.25) is 0 Å². The maximum atomic E-state index is 9.35. The van der Waals surface area contributed by atoms with E-state index in [0.717, 1.165) is 12.1 Å². The Bertz CT molecular complexity index is 309. The molecule has 1 atom stereocenters. The van der Waals surface area contributed by atoms with Crippen LogP contribution in [0.1, 0.15) is 36.9 Å². The van der Waals surface area contributed by atoms with Crippen molar-refractivity contribution < 1.29 is 9.84 Å². The molecule has 17 heavy (non-hydrogen) atoms. The molecule has 3 heteroatoms. The second-order valence-corrected chi connectivity index (χ2v) is 4.50. The molecule has 0 aromatic heterocycles. The number of hydrogen-bond acceptors (Lipinski definition) is 3. The van der Waals surface area contributed by atoms with Gasteiger partial charge in [-0.25, -0.2) is 0 Å². The number of hydrogen-bond donors (Lipinski definition) is 2. The lowest BCUT2D eigenvalue weighted by Gasteiger charge is -2.17. The summed E-state index contributed by atoms with van der Waals surface area (Å²) in [5.74, 6) is 0.540. The third kappa shape index (κ3) is 4.46. The van der Waals surface area contributed by atoms with E-state index in [1.165, 1.54) is 5.56 Å². The summed E-state index contributed by atoms with van der Waals surface area (Å²) in [6.45, 7) is 5.85. The second-order valence-electron chi connectivity index (χ2n) is 4.50. The number of nitrogens with one attached hydrogen (secondary N) is 1. The van der Waals surface area contributed by atoms with Gasteiger partial charge in [0.15, 0.2) is 0 Å². The van der Waals surface area contributed by atoms with Gasteiger partial charge < -0.3 is 15.2 Å². The summed E-state index contributed by atoms with van der Waals surface area (Å²) in [4.78, 5) is 0. The van der Waals surface area contributed by atoms with Crippen molar-refractivity contribution in [2.45, 2.75) is 25.8 Å². The number of rotatable bonds is 7. The fourth-order valence-electron chi connectivity index (χ4n) is 1.74. The van der Waals surface area contributed by atoms with Crippen molar-refractivity contribution in [3.8, 4) is 0 Å².